The maximum absolute atomic E-state index is 12.4. The van der Waals surface area contributed by atoms with Gasteiger partial charge >= 0.3 is 0 Å². The molecule has 0 aliphatic rings. The molecule has 0 radical (unpaired) electrons. The number of carbonyl (C=O) groups is 1. The van der Waals surface area contributed by atoms with Crippen LogP contribution in [0.2, 0.25) is 0 Å². The predicted molar refractivity (Wildman–Crippen MR) is 101 cm³/mol. The molecule has 0 aliphatic heterocycles. The number of rotatable bonds is 5. The van der Waals surface area contributed by atoms with Crippen LogP contribution in [-0.4, -0.2) is 20.1 Å². The van der Waals surface area contributed by atoms with E-state index in [0.717, 1.165) is 5.56 Å². The van der Waals surface area contributed by atoms with Crippen LogP contribution >= 0.6 is 15.9 Å². The van der Waals surface area contributed by atoms with E-state index in [1.165, 1.54) is 20.3 Å². The van der Waals surface area contributed by atoms with Crippen molar-refractivity contribution in [2.24, 2.45) is 0 Å². The van der Waals surface area contributed by atoms with Crippen LogP contribution in [-0.2, 0) is 4.79 Å². The number of methoxy groups -OCH3 is 2. The number of amides is 1. The van der Waals surface area contributed by atoms with Crippen molar-refractivity contribution < 1.29 is 14.3 Å². The molecule has 25 heavy (non-hydrogen) atoms. The highest BCUT2D eigenvalue weighted by Gasteiger charge is 2.14. The summed E-state index contributed by atoms with van der Waals surface area (Å²) in [5.41, 5.74) is 2.20. The fourth-order valence-corrected chi connectivity index (χ4v) is 2.62. The molecule has 2 rings (SSSR count). The van der Waals surface area contributed by atoms with Gasteiger partial charge in [-0.15, -0.1) is 0 Å². The third-order valence-electron chi connectivity index (χ3n) is 3.56. The van der Waals surface area contributed by atoms with Crippen molar-refractivity contribution in [2.75, 3.05) is 19.5 Å². The third-order valence-corrected chi connectivity index (χ3v) is 4.25. The van der Waals surface area contributed by atoms with Crippen molar-refractivity contribution >= 4 is 33.6 Å². The maximum atomic E-state index is 12.4. The molecule has 5 nitrogen and oxygen atoms in total. The van der Waals surface area contributed by atoms with Gasteiger partial charge < -0.3 is 14.8 Å². The summed E-state index contributed by atoms with van der Waals surface area (Å²) in [5.74, 6) is 0.585. The smallest absolute Gasteiger partial charge is 0.266 e. The number of benzene rings is 2. The van der Waals surface area contributed by atoms with E-state index in [2.05, 4.69) is 21.2 Å². The number of halogens is 1. The van der Waals surface area contributed by atoms with Gasteiger partial charge in [-0.1, -0.05) is 34.1 Å². The lowest BCUT2D eigenvalue weighted by atomic mass is 10.1. The molecule has 0 saturated carbocycles. The molecule has 0 atom stereocenters. The van der Waals surface area contributed by atoms with Crippen molar-refractivity contribution in [1.82, 2.24) is 0 Å². The molecule has 0 heterocycles. The molecular formula is C19H17BrN2O3. The topological polar surface area (TPSA) is 71.3 Å². The van der Waals surface area contributed by atoms with E-state index in [1.54, 1.807) is 18.2 Å². The summed E-state index contributed by atoms with van der Waals surface area (Å²) >= 11 is 3.42. The molecular weight excluding hydrogens is 384 g/mol. The van der Waals surface area contributed by atoms with Crippen molar-refractivity contribution in [3.63, 3.8) is 0 Å². The highest BCUT2D eigenvalue weighted by molar-refractivity contribution is 9.10. The average Bonchev–Trinajstić information content (AvgIpc) is 2.62. The zero-order valence-corrected chi connectivity index (χ0v) is 15.7. The fourth-order valence-electron chi connectivity index (χ4n) is 2.19. The Bertz CT molecular complexity index is 869. The predicted octanol–water partition coefficient (Wildman–Crippen LogP) is 4.32. The van der Waals surface area contributed by atoms with E-state index < -0.39 is 5.91 Å². The zero-order chi connectivity index (χ0) is 18.4. The summed E-state index contributed by atoms with van der Waals surface area (Å²) in [6, 6.07) is 12.7. The van der Waals surface area contributed by atoms with Gasteiger partial charge in [-0.2, -0.15) is 5.26 Å². The molecule has 0 aliphatic carbocycles. The lowest BCUT2D eigenvalue weighted by Gasteiger charge is -2.11. The second-order valence-corrected chi connectivity index (χ2v) is 6.02. The van der Waals surface area contributed by atoms with Crippen molar-refractivity contribution in [1.29, 1.82) is 5.26 Å². The monoisotopic (exact) mass is 400 g/mol. The van der Waals surface area contributed by atoms with Gasteiger partial charge in [0.1, 0.15) is 11.6 Å². The van der Waals surface area contributed by atoms with Crippen LogP contribution in [0.4, 0.5) is 5.69 Å². The molecule has 6 heteroatoms. The largest absolute Gasteiger partial charge is 0.493 e. The number of nitriles is 1. The summed E-state index contributed by atoms with van der Waals surface area (Å²) in [6.45, 7) is 1.89. The molecule has 0 aromatic heterocycles. The van der Waals surface area contributed by atoms with Crippen LogP contribution in [0, 0.1) is 18.3 Å². The Balaban J connectivity index is 2.36. The van der Waals surface area contributed by atoms with Crippen LogP contribution in [0.5, 0.6) is 11.5 Å². The molecule has 2 aromatic carbocycles. The van der Waals surface area contributed by atoms with Crippen LogP contribution in [0.25, 0.3) is 6.08 Å². The van der Waals surface area contributed by atoms with E-state index in [4.69, 9.17) is 9.47 Å². The minimum Gasteiger partial charge on any atom is -0.493 e. The van der Waals surface area contributed by atoms with Crippen LogP contribution in [0.1, 0.15) is 11.1 Å². The Morgan fingerprint density at radius 3 is 2.44 bits per heavy atom. The highest BCUT2D eigenvalue weighted by atomic mass is 79.9. The van der Waals surface area contributed by atoms with Crippen LogP contribution in [0.15, 0.2) is 46.4 Å². The molecule has 0 fully saturated rings. The first-order valence-electron chi connectivity index (χ1n) is 7.40. The normalized spacial score (nSPS) is 10.8. The maximum Gasteiger partial charge on any atom is 0.266 e. The quantitative estimate of drug-likeness (QED) is 0.599. The summed E-state index contributed by atoms with van der Waals surface area (Å²) in [7, 11) is 3.06. The summed E-state index contributed by atoms with van der Waals surface area (Å²) in [6.07, 6.45) is 1.50. The SMILES string of the molecule is COc1cc(Br)c(/C=C(\C#N)C(=O)Nc2ccccc2C)cc1OC. The number of aryl methyl sites for hydroxylation is 1. The number of nitrogens with zero attached hydrogens (tertiary/aromatic N) is 1. The second kappa shape index (κ2) is 8.36. The fraction of sp³-hybridized carbons (Fsp3) is 0.158. The van der Waals surface area contributed by atoms with Gasteiger partial charge in [0.05, 0.1) is 14.2 Å². The lowest BCUT2D eigenvalue weighted by Crippen LogP contribution is -2.14. The molecule has 0 unspecified atom stereocenters. The van der Waals surface area contributed by atoms with E-state index in [1.807, 2.05) is 31.2 Å². The minimum atomic E-state index is -0.474. The van der Waals surface area contributed by atoms with Crippen LogP contribution < -0.4 is 14.8 Å². The Morgan fingerprint density at radius 2 is 1.84 bits per heavy atom. The number of carbonyl (C=O) groups excluding carboxylic acids is 1. The Labute approximate surface area is 155 Å². The van der Waals surface area contributed by atoms with Crippen molar-refractivity contribution in [2.45, 2.75) is 6.92 Å². The van der Waals surface area contributed by atoms with Gasteiger partial charge in [-0.3, -0.25) is 4.79 Å². The molecule has 0 spiro atoms. The Morgan fingerprint density at radius 1 is 1.20 bits per heavy atom. The Kier molecular flexibility index (Phi) is 6.20. The third kappa shape index (κ3) is 4.40. The van der Waals surface area contributed by atoms with Crippen molar-refractivity contribution in [3.05, 3.63) is 57.6 Å². The summed E-state index contributed by atoms with van der Waals surface area (Å²) < 4.78 is 11.2. The number of nitrogens with one attached hydrogen (secondary N) is 1. The van der Waals surface area contributed by atoms with Gasteiger partial charge in [0.15, 0.2) is 11.5 Å². The average molecular weight is 401 g/mol. The van der Waals surface area contributed by atoms with Gasteiger partial charge in [0.2, 0.25) is 0 Å². The second-order valence-electron chi connectivity index (χ2n) is 5.17. The number of ether oxygens (including phenoxy) is 2. The van der Waals surface area contributed by atoms with E-state index >= 15 is 0 Å². The zero-order valence-electron chi connectivity index (χ0n) is 14.1. The number of para-hydroxylation sites is 1. The molecule has 128 valence electrons. The highest BCUT2D eigenvalue weighted by Crippen LogP contribution is 2.34. The Hall–Kier alpha value is -2.78. The molecule has 0 saturated heterocycles. The van der Waals surface area contributed by atoms with Gasteiger partial charge in [0, 0.05) is 10.2 Å². The molecule has 2 aromatic rings. The van der Waals surface area contributed by atoms with E-state index in [-0.39, 0.29) is 5.57 Å². The van der Waals surface area contributed by atoms with Gasteiger partial charge in [0.25, 0.3) is 5.91 Å². The van der Waals surface area contributed by atoms with E-state index in [0.29, 0.717) is 27.2 Å². The first-order chi connectivity index (χ1) is 12.0. The summed E-state index contributed by atoms with van der Waals surface area (Å²) in [4.78, 5) is 12.4. The molecule has 0 bridgehead atoms. The summed E-state index contributed by atoms with van der Waals surface area (Å²) in [5, 5.41) is 12.1. The van der Waals surface area contributed by atoms with Crippen LogP contribution in [0.3, 0.4) is 0 Å². The van der Waals surface area contributed by atoms with Gasteiger partial charge in [-0.05, 0) is 42.3 Å². The number of hydrogen-bond acceptors (Lipinski definition) is 4. The molecule has 1 amide bonds. The number of anilines is 1. The van der Waals surface area contributed by atoms with E-state index in [9.17, 15) is 10.1 Å². The van der Waals surface area contributed by atoms with Crippen molar-refractivity contribution in [3.8, 4) is 17.6 Å². The lowest BCUT2D eigenvalue weighted by molar-refractivity contribution is -0.112. The first kappa shape index (κ1) is 18.6. The minimum absolute atomic E-state index is 0.0174. The number of hydrogen-bond donors (Lipinski definition) is 1. The standard InChI is InChI=1S/C19H17BrN2O3/c1-12-6-4-5-7-16(12)22-19(23)14(11-21)8-13-9-17(24-2)18(25-3)10-15(13)20/h4-10H,1-3H3,(H,22,23)/b14-8+. The molecule has 1 N–H and O–H groups in total. The van der Waals surface area contributed by atoms with Gasteiger partial charge in [-0.25, -0.2) is 0 Å². The first-order valence-corrected chi connectivity index (χ1v) is 8.19.